The Morgan fingerprint density at radius 1 is 1.28 bits per heavy atom. The Morgan fingerprint density at radius 3 is 2.76 bits per heavy atom. The molecular weight excluding hydrogens is 322 g/mol. The van der Waals surface area contributed by atoms with Crippen molar-refractivity contribution in [3.63, 3.8) is 0 Å². The maximum Gasteiger partial charge on any atom is 0.284 e. The Labute approximate surface area is 144 Å². The molecule has 0 radical (unpaired) electrons. The minimum atomic E-state index is -0.607. The Kier molecular flexibility index (Phi) is 4.56. The number of nitrogens with one attached hydrogen (secondary N) is 1. The normalized spacial score (nSPS) is 14.9. The highest BCUT2D eigenvalue weighted by atomic mass is 16.5. The molecule has 3 N–H and O–H groups in total. The third-order valence-electron chi connectivity index (χ3n) is 4.19. The van der Waals surface area contributed by atoms with E-state index in [4.69, 9.17) is 14.9 Å². The lowest BCUT2D eigenvalue weighted by molar-refractivity contribution is 0.0949. The van der Waals surface area contributed by atoms with Gasteiger partial charge in [-0.15, -0.1) is 0 Å². The molecule has 0 bridgehead atoms. The fraction of sp³-hybridized carbons (Fsp3) is 0.278. The van der Waals surface area contributed by atoms with Crippen molar-refractivity contribution in [3.8, 4) is 5.75 Å². The van der Waals surface area contributed by atoms with Gasteiger partial charge in [-0.2, -0.15) is 5.10 Å². The molecule has 0 fully saturated rings. The van der Waals surface area contributed by atoms with Crippen LogP contribution in [0.1, 0.15) is 50.6 Å². The molecular formula is C18H19N3O4. The van der Waals surface area contributed by atoms with Gasteiger partial charge >= 0.3 is 0 Å². The van der Waals surface area contributed by atoms with Crippen molar-refractivity contribution in [2.24, 2.45) is 10.8 Å². The van der Waals surface area contributed by atoms with Crippen molar-refractivity contribution in [2.75, 3.05) is 7.11 Å². The fourth-order valence-corrected chi connectivity index (χ4v) is 3.03. The zero-order valence-electron chi connectivity index (χ0n) is 14.1. The number of carbonyl (C=O) groups is 2. The number of aryl methyl sites for hydroxylation is 1. The SMILES string of the molecule is COc1ccccc1C(=O)N/N=C1\CCCc2oc(C(N)=O)c(C)c21. The van der Waals surface area contributed by atoms with Crippen LogP contribution in [0.5, 0.6) is 5.75 Å². The van der Waals surface area contributed by atoms with Gasteiger partial charge in [-0.3, -0.25) is 9.59 Å². The van der Waals surface area contributed by atoms with Crippen LogP contribution in [0.2, 0.25) is 0 Å². The van der Waals surface area contributed by atoms with E-state index >= 15 is 0 Å². The summed E-state index contributed by atoms with van der Waals surface area (Å²) < 4.78 is 10.8. The summed E-state index contributed by atoms with van der Waals surface area (Å²) >= 11 is 0. The Balaban J connectivity index is 1.89. The van der Waals surface area contributed by atoms with E-state index in [0.717, 1.165) is 12.0 Å². The Hall–Kier alpha value is -3.09. The number of nitrogens with two attached hydrogens (primary N) is 1. The van der Waals surface area contributed by atoms with Gasteiger partial charge in [-0.05, 0) is 31.9 Å². The zero-order valence-corrected chi connectivity index (χ0v) is 14.1. The van der Waals surface area contributed by atoms with Crippen molar-refractivity contribution in [2.45, 2.75) is 26.2 Å². The first kappa shape index (κ1) is 16.8. The summed E-state index contributed by atoms with van der Waals surface area (Å²) in [4.78, 5) is 23.9. The molecule has 1 aromatic heterocycles. The molecule has 25 heavy (non-hydrogen) atoms. The van der Waals surface area contributed by atoms with E-state index in [1.165, 1.54) is 7.11 Å². The van der Waals surface area contributed by atoms with Gasteiger partial charge in [0.15, 0.2) is 5.76 Å². The number of fused-ring (bicyclic) bond motifs is 1. The van der Waals surface area contributed by atoms with Crippen molar-refractivity contribution in [3.05, 3.63) is 52.5 Å². The van der Waals surface area contributed by atoms with E-state index in [1.54, 1.807) is 31.2 Å². The first-order valence-corrected chi connectivity index (χ1v) is 7.95. The van der Waals surface area contributed by atoms with Gasteiger partial charge < -0.3 is 14.9 Å². The van der Waals surface area contributed by atoms with Crippen molar-refractivity contribution in [1.82, 2.24) is 5.43 Å². The predicted molar refractivity (Wildman–Crippen MR) is 91.9 cm³/mol. The van der Waals surface area contributed by atoms with Gasteiger partial charge in [0.25, 0.3) is 11.8 Å². The Morgan fingerprint density at radius 2 is 2.04 bits per heavy atom. The lowest BCUT2D eigenvalue weighted by Crippen LogP contribution is -2.22. The number of carbonyl (C=O) groups excluding carboxylic acids is 2. The van der Waals surface area contributed by atoms with Crippen LogP contribution >= 0.6 is 0 Å². The van der Waals surface area contributed by atoms with Crippen molar-refractivity contribution in [1.29, 1.82) is 0 Å². The van der Waals surface area contributed by atoms with Crippen LogP contribution in [0.25, 0.3) is 0 Å². The summed E-state index contributed by atoms with van der Waals surface area (Å²) in [6, 6.07) is 6.91. The number of methoxy groups -OCH3 is 1. The average Bonchev–Trinajstić information content (AvgIpc) is 2.97. The molecule has 0 saturated carbocycles. The minimum absolute atomic E-state index is 0.149. The zero-order chi connectivity index (χ0) is 18.0. The van der Waals surface area contributed by atoms with Gasteiger partial charge in [0.1, 0.15) is 11.5 Å². The van der Waals surface area contributed by atoms with Crippen LogP contribution in [0, 0.1) is 6.92 Å². The second kappa shape index (κ2) is 6.80. The summed E-state index contributed by atoms with van der Waals surface area (Å²) in [6.45, 7) is 1.77. The summed E-state index contributed by atoms with van der Waals surface area (Å²) in [7, 11) is 1.51. The quantitative estimate of drug-likeness (QED) is 0.831. The summed E-state index contributed by atoms with van der Waals surface area (Å²) in [5, 5.41) is 4.26. The monoisotopic (exact) mass is 341 g/mol. The topological polar surface area (TPSA) is 107 Å². The van der Waals surface area contributed by atoms with Crippen LogP contribution in [0.4, 0.5) is 0 Å². The second-order valence-electron chi connectivity index (χ2n) is 5.77. The van der Waals surface area contributed by atoms with Gasteiger partial charge in [0.05, 0.1) is 18.4 Å². The van der Waals surface area contributed by atoms with Gasteiger partial charge in [0.2, 0.25) is 0 Å². The van der Waals surface area contributed by atoms with E-state index in [9.17, 15) is 9.59 Å². The average molecular weight is 341 g/mol. The molecule has 130 valence electrons. The van der Waals surface area contributed by atoms with Crippen LogP contribution in [-0.4, -0.2) is 24.6 Å². The first-order valence-electron chi connectivity index (χ1n) is 7.95. The molecule has 0 aliphatic heterocycles. The predicted octanol–water partition coefficient (Wildman–Crippen LogP) is 2.17. The number of para-hydroxylation sites is 1. The number of hydrogen-bond donors (Lipinski definition) is 2. The van der Waals surface area contributed by atoms with E-state index in [1.807, 2.05) is 0 Å². The van der Waals surface area contributed by atoms with E-state index < -0.39 is 5.91 Å². The molecule has 1 heterocycles. The molecule has 7 heteroatoms. The molecule has 3 rings (SSSR count). The van der Waals surface area contributed by atoms with E-state index in [2.05, 4.69) is 10.5 Å². The van der Waals surface area contributed by atoms with Gasteiger partial charge in [-0.25, -0.2) is 5.43 Å². The molecule has 0 unspecified atom stereocenters. The largest absolute Gasteiger partial charge is 0.496 e. The third kappa shape index (κ3) is 3.13. The Bertz CT molecular complexity index is 867. The number of benzene rings is 1. The summed E-state index contributed by atoms with van der Waals surface area (Å²) in [5.74, 6) is 0.330. The number of ether oxygens (including phenoxy) is 1. The molecule has 0 saturated heterocycles. The molecule has 0 spiro atoms. The summed E-state index contributed by atoms with van der Waals surface area (Å²) in [5.41, 5.74) is 10.4. The molecule has 2 aromatic rings. The lowest BCUT2D eigenvalue weighted by atomic mass is 9.93. The highest BCUT2D eigenvalue weighted by Gasteiger charge is 2.27. The lowest BCUT2D eigenvalue weighted by Gasteiger charge is -2.14. The second-order valence-corrected chi connectivity index (χ2v) is 5.77. The standard InChI is InChI=1S/C18H19N3O4/c1-10-15-12(7-5-9-14(15)25-16(10)17(19)22)20-21-18(23)11-6-3-4-8-13(11)24-2/h3-4,6,8H,5,7,9H2,1-2H3,(H2,19,22)(H,21,23)/b20-12+. The molecule has 2 amide bonds. The number of amides is 2. The molecule has 7 nitrogen and oxygen atoms in total. The molecule has 1 aliphatic carbocycles. The fourth-order valence-electron chi connectivity index (χ4n) is 3.03. The van der Waals surface area contributed by atoms with Crippen molar-refractivity contribution >= 4 is 17.5 Å². The molecule has 0 atom stereocenters. The number of hydrogen-bond acceptors (Lipinski definition) is 5. The number of nitrogens with zero attached hydrogens (tertiary/aromatic N) is 1. The maximum absolute atomic E-state index is 12.4. The number of rotatable bonds is 4. The van der Waals surface area contributed by atoms with Crippen LogP contribution in [-0.2, 0) is 6.42 Å². The van der Waals surface area contributed by atoms with Gasteiger partial charge in [0, 0.05) is 17.5 Å². The van der Waals surface area contributed by atoms with Crippen LogP contribution in [0.15, 0.2) is 33.8 Å². The van der Waals surface area contributed by atoms with Crippen LogP contribution < -0.4 is 15.9 Å². The molecule has 1 aromatic carbocycles. The van der Waals surface area contributed by atoms with Gasteiger partial charge in [-0.1, -0.05) is 12.1 Å². The third-order valence-corrected chi connectivity index (χ3v) is 4.19. The highest BCUT2D eigenvalue weighted by molar-refractivity contribution is 6.07. The number of hydrazone groups is 1. The smallest absolute Gasteiger partial charge is 0.284 e. The maximum atomic E-state index is 12.4. The number of primary amides is 1. The number of furan rings is 1. The highest BCUT2D eigenvalue weighted by Crippen LogP contribution is 2.29. The van der Waals surface area contributed by atoms with Crippen molar-refractivity contribution < 1.29 is 18.7 Å². The van der Waals surface area contributed by atoms with E-state index in [-0.39, 0.29) is 11.7 Å². The van der Waals surface area contributed by atoms with Crippen LogP contribution in [0.3, 0.4) is 0 Å². The molecule has 1 aliphatic rings. The minimum Gasteiger partial charge on any atom is -0.496 e. The van der Waals surface area contributed by atoms with E-state index in [0.29, 0.717) is 41.2 Å². The first-order chi connectivity index (χ1) is 12.0. The summed E-state index contributed by atoms with van der Waals surface area (Å²) in [6.07, 6.45) is 2.21.